The molecule has 2 aromatic rings. The number of carbonyl (C=O) groups excluding carboxylic acids is 2. The Bertz CT molecular complexity index is 711. The first kappa shape index (κ1) is 16.2. The first-order chi connectivity index (χ1) is 11.7. The fraction of sp³-hybridized carbons (Fsp3) is 0.389. The van der Waals surface area contributed by atoms with E-state index < -0.39 is 0 Å². The molecule has 0 saturated carbocycles. The summed E-state index contributed by atoms with van der Waals surface area (Å²) in [4.78, 5) is 26.2. The number of nitrogens with zero attached hydrogens (tertiary/aromatic N) is 2. The summed E-state index contributed by atoms with van der Waals surface area (Å²) >= 11 is 0. The summed E-state index contributed by atoms with van der Waals surface area (Å²) in [5, 5.41) is 3.89. The molecular weight excluding hydrogens is 308 g/mol. The van der Waals surface area contributed by atoms with Crippen molar-refractivity contribution in [3.63, 3.8) is 0 Å². The monoisotopic (exact) mass is 328 g/mol. The molecule has 0 unspecified atom stereocenters. The van der Waals surface area contributed by atoms with Crippen LogP contribution in [0.2, 0.25) is 0 Å². The van der Waals surface area contributed by atoms with Crippen LogP contribution in [0.1, 0.15) is 30.3 Å². The van der Waals surface area contributed by atoms with Crippen LogP contribution in [0.15, 0.2) is 40.9 Å². The first-order valence-electron chi connectivity index (χ1n) is 8.17. The van der Waals surface area contributed by atoms with Crippen LogP contribution in [-0.4, -0.2) is 41.6 Å². The minimum absolute atomic E-state index is 0.213. The molecule has 1 aliphatic rings. The van der Waals surface area contributed by atoms with Crippen LogP contribution in [0.3, 0.4) is 0 Å². The predicted molar refractivity (Wildman–Crippen MR) is 87.2 cm³/mol. The molecule has 2 heterocycles. The molecule has 0 N–H and O–H groups in total. The van der Waals surface area contributed by atoms with Crippen molar-refractivity contribution < 1.29 is 18.8 Å². The Morgan fingerprint density at radius 3 is 2.88 bits per heavy atom. The Hall–Kier alpha value is -2.63. The normalized spacial score (nSPS) is 17.5. The van der Waals surface area contributed by atoms with Crippen molar-refractivity contribution in [3.8, 4) is 11.3 Å². The van der Waals surface area contributed by atoms with Gasteiger partial charge in [0.25, 0.3) is 5.91 Å². The largest absolute Gasteiger partial charge is 0.466 e. The van der Waals surface area contributed by atoms with Crippen molar-refractivity contribution in [3.05, 3.63) is 42.1 Å². The third-order valence-electron chi connectivity index (χ3n) is 4.12. The van der Waals surface area contributed by atoms with Gasteiger partial charge in [-0.1, -0.05) is 35.5 Å². The first-order valence-corrected chi connectivity index (χ1v) is 8.17. The Labute approximate surface area is 140 Å². The molecule has 1 amide bonds. The van der Waals surface area contributed by atoms with E-state index in [0.29, 0.717) is 25.5 Å². The lowest BCUT2D eigenvalue weighted by Gasteiger charge is -2.30. The van der Waals surface area contributed by atoms with Crippen LogP contribution in [-0.2, 0) is 9.53 Å². The van der Waals surface area contributed by atoms with Crippen LogP contribution in [0.25, 0.3) is 11.3 Å². The minimum Gasteiger partial charge on any atom is -0.466 e. The third kappa shape index (κ3) is 3.48. The molecule has 0 spiro atoms. The summed E-state index contributed by atoms with van der Waals surface area (Å²) in [7, 11) is 0. The maximum Gasteiger partial charge on any atom is 0.310 e. The lowest BCUT2D eigenvalue weighted by Crippen LogP contribution is -2.42. The molecule has 6 heteroatoms. The summed E-state index contributed by atoms with van der Waals surface area (Å²) in [5.74, 6) is -0.156. The Morgan fingerprint density at radius 1 is 1.33 bits per heavy atom. The summed E-state index contributed by atoms with van der Waals surface area (Å²) in [5.41, 5.74) is 1.13. The van der Waals surface area contributed by atoms with Crippen molar-refractivity contribution in [2.24, 2.45) is 5.92 Å². The number of hydrogen-bond acceptors (Lipinski definition) is 5. The highest BCUT2D eigenvalue weighted by Crippen LogP contribution is 2.23. The highest BCUT2D eigenvalue weighted by atomic mass is 16.5. The number of amides is 1. The molecule has 6 nitrogen and oxygen atoms in total. The minimum atomic E-state index is -0.261. The van der Waals surface area contributed by atoms with Gasteiger partial charge in [-0.25, -0.2) is 0 Å². The van der Waals surface area contributed by atoms with Gasteiger partial charge < -0.3 is 14.2 Å². The summed E-state index contributed by atoms with van der Waals surface area (Å²) < 4.78 is 10.4. The topological polar surface area (TPSA) is 72.6 Å². The van der Waals surface area contributed by atoms with Crippen molar-refractivity contribution in [1.29, 1.82) is 0 Å². The van der Waals surface area contributed by atoms with Crippen molar-refractivity contribution in [1.82, 2.24) is 10.1 Å². The zero-order valence-electron chi connectivity index (χ0n) is 13.6. The van der Waals surface area contributed by atoms with Gasteiger partial charge in [0, 0.05) is 24.7 Å². The quantitative estimate of drug-likeness (QED) is 0.807. The number of ether oxygens (including phenoxy) is 1. The zero-order chi connectivity index (χ0) is 16.9. The molecule has 1 saturated heterocycles. The predicted octanol–water partition coefficient (Wildman–Crippen LogP) is 2.76. The molecular formula is C18H20N2O4. The average Bonchev–Trinajstić information content (AvgIpc) is 3.12. The van der Waals surface area contributed by atoms with Gasteiger partial charge >= 0.3 is 5.97 Å². The molecule has 0 aliphatic carbocycles. The van der Waals surface area contributed by atoms with Crippen molar-refractivity contribution in [2.45, 2.75) is 19.8 Å². The molecule has 0 bridgehead atoms. The van der Waals surface area contributed by atoms with Crippen molar-refractivity contribution >= 4 is 11.9 Å². The number of benzene rings is 1. The van der Waals surface area contributed by atoms with E-state index in [0.717, 1.165) is 18.4 Å². The SMILES string of the molecule is CCOC(=O)[C@H]1CCCN(C(=O)c2cc(-c3ccccc3)on2)C1. The van der Waals surface area contributed by atoms with Crippen LogP contribution >= 0.6 is 0 Å². The number of rotatable bonds is 4. The fourth-order valence-electron chi connectivity index (χ4n) is 2.89. The van der Waals surface area contributed by atoms with Gasteiger partial charge in [0.1, 0.15) is 0 Å². The molecule has 1 aromatic heterocycles. The van der Waals surface area contributed by atoms with E-state index in [2.05, 4.69) is 5.16 Å². The van der Waals surface area contributed by atoms with E-state index in [9.17, 15) is 9.59 Å². The Morgan fingerprint density at radius 2 is 2.12 bits per heavy atom. The molecule has 1 aromatic carbocycles. The maximum atomic E-state index is 12.6. The summed E-state index contributed by atoms with van der Waals surface area (Å²) in [6.45, 7) is 3.12. The van der Waals surface area contributed by atoms with Crippen LogP contribution < -0.4 is 0 Å². The number of piperidine rings is 1. The van der Waals surface area contributed by atoms with Crippen molar-refractivity contribution in [2.75, 3.05) is 19.7 Å². The van der Waals surface area contributed by atoms with Crippen LogP contribution in [0.4, 0.5) is 0 Å². The van der Waals surface area contributed by atoms with E-state index in [-0.39, 0.29) is 23.5 Å². The second-order valence-corrected chi connectivity index (χ2v) is 5.78. The average molecular weight is 328 g/mol. The van der Waals surface area contributed by atoms with E-state index in [4.69, 9.17) is 9.26 Å². The molecule has 3 rings (SSSR count). The van der Waals surface area contributed by atoms with E-state index >= 15 is 0 Å². The summed E-state index contributed by atoms with van der Waals surface area (Å²) in [6, 6.07) is 11.1. The molecule has 1 fully saturated rings. The second kappa shape index (κ2) is 7.29. The Kier molecular flexibility index (Phi) is 4.93. The van der Waals surface area contributed by atoms with Crippen LogP contribution in [0, 0.1) is 5.92 Å². The van der Waals surface area contributed by atoms with Gasteiger partial charge in [-0.2, -0.15) is 0 Å². The number of hydrogen-bond donors (Lipinski definition) is 0. The molecule has 126 valence electrons. The smallest absolute Gasteiger partial charge is 0.310 e. The second-order valence-electron chi connectivity index (χ2n) is 5.78. The van der Waals surface area contributed by atoms with Crippen LogP contribution in [0.5, 0.6) is 0 Å². The third-order valence-corrected chi connectivity index (χ3v) is 4.12. The van der Waals surface area contributed by atoms with Gasteiger partial charge in [0.2, 0.25) is 0 Å². The van der Waals surface area contributed by atoms with E-state index in [1.165, 1.54) is 0 Å². The standard InChI is InChI=1S/C18H20N2O4/c1-2-23-18(22)14-9-6-10-20(12-14)17(21)15-11-16(24-19-15)13-7-4-3-5-8-13/h3-5,7-8,11,14H,2,6,9-10,12H2,1H3/t14-/m0/s1. The van der Waals surface area contributed by atoms with Gasteiger partial charge in [-0.3, -0.25) is 9.59 Å². The van der Waals surface area contributed by atoms with Gasteiger partial charge in [-0.15, -0.1) is 0 Å². The van der Waals surface area contributed by atoms with E-state index in [1.807, 2.05) is 30.3 Å². The van der Waals surface area contributed by atoms with Gasteiger partial charge in [-0.05, 0) is 19.8 Å². The molecule has 24 heavy (non-hydrogen) atoms. The zero-order valence-corrected chi connectivity index (χ0v) is 13.6. The lowest BCUT2D eigenvalue weighted by atomic mass is 9.98. The number of aromatic nitrogens is 1. The van der Waals surface area contributed by atoms with E-state index in [1.54, 1.807) is 17.9 Å². The van der Waals surface area contributed by atoms with Gasteiger partial charge in [0.15, 0.2) is 11.5 Å². The number of likely N-dealkylation sites (tertiary alicyclic amines) is 1. The fourth-order valence-corrected chi connectivity index (χ4v) is 2.89. The summed E-state index contributed by atoms with van der Waals surface area (Å²) in [6.07, 6.45) is 1.52. The Balaban J connectivity index is 1.70. The molecule has 1 aliphatic heterocycles. The number of carbonyl (C=O) groups is 2. The highest BCUT2D eigenvalue weighted by molar-refractivity contribution is 5.93. The maximum absolute atomic E-state index is 12.6. The number of esters is 1. The lowest BCUT2D eigenvalue weighted by molar-refractivity contribution is -0.149. The molecule has 1 atom stereocenters. The van der Waals surface area contributed by atoms with Gasteiger partial charge in [0.05, 0.1) is 12.5 Å². The molecule has 0 radical (unpaired) electrons. The highest BCUT2D eigenvalue weighted by Gasteiger charge is 2.31.